The number of methoxy groups -OCH3 is 1. The van der Waals surface area contributed by atoms with Gasteiger partial charge in [0.2, 0.25) is 0 Å². The van der Waals surface area contributed by atoms with Gasteiger partial charge in [0, 0.05) is 21.9 Å². The van der Waals surface area contributed by atoms with Gasteiger partial charge in [-0.05, 0) is 55.7 Å². The summed E-state index contributed by atoms with van der Waals surface area (Å²) in [4.78, 5) is 4.48. The minimum absolute atomic E-state index is 0.0773. The van der Waals surface area contributed by atoms with Gasteiger partial charge in [-0.2, -0.15) is 0 Å². The number of aromatic nitrogens is 1. The smallest absolute Gasteiger partial charge is 0.119 e. The first-order valence-electron chi connectivity index (χ1n) is 6.53. The third kappa shape index (κ3) is 3.38. The molecule has 0 fully saturated rings. The third-order valence-electron chi connectivity index (χ3n) is 3.36. The molecule has 2 N–H and O–H groups in total. The van der Waals surface area contributed by atoms with Crippen LogP contribution in [0.4, 0.5) is 0 Å². The highest BCUT2D eigenvalue weighted by atomic mass is 79.9. The highest BCUT2D eigenvalue weighted by molar-refractivity contribution is 9.10. The number of hydrogen-bond acceptors (Lipinski definition) is 3. The second kappa shape index (κ2) is 6.37. The molecule has 1 heterocycles. The Morgan fingerprint density at radius 2 is 2.00 bits per heavy atom. The van der Waals surface area contributed by atoms with Crippen molar-refractivity contribution in [2.75, 3.05) is 7.11 Å². The maximum absolute atomic E-state index is 6.34. The van der Waals surface area contributed by atoms with Crippen LogP contribution in [0, 0.1) is 13.8 Å². The Balaban J connectivity index is 2.25. The van der Waals surface area contributed by atoms with Crippen LogP contribution in [0.1, 0.15) is 28.6 Å². The molecule has 1 aromatic carbocycles. The number of halogens is 1. The summed E-state index contributed by atoms with van der Waals surface area (Å²) in [5.74, 6) is 0.842. The molecule has 1 aromatic heterocycles. The third-order valence-corrected chi connectivity index (χ3v) is 4.13. The summed E-state index contributed by atoms with van der Waals surface area (Å²) >= 11 is 3.56. The molecule has 0 saturated carbocycles. The fourth-order valence-corrected chi connectivity index (χ4v) is 2.68. The summed E-state index contributed by atoms with van der Waals surface area (Å²) in [6.07, 6.45) is 0.739. The number of nitrogens with two attached hydrogens (primary N) is 1. The molecule has 0 bridgehead atoms. The van der Waals surface area contributed by atoms with Crippen LogP contribution in [0.3, 0.4) is 0 Å². The quantitative estimate of drug-likeness (QED) is 0.927. The van der Waals surface area contributed by atoms with Crippen molar-refractivity contribution >= 4 is 15.9 Å². The largest absolute Gasteiger partial charge is 0.497 e. The van der Waals surface area contributed by atoms with E-state index in [4.69, 9.17) is 10.5 Å². The number of hydrogen-bond donors (Lipinski definition) is 1. The second-order valence-electron chi connectivity index (χ2n) is 4.90. The van der Waals surface area contributed by atoms with Crippen LogP contribution >= 0.6 is 15.9 Å². The van der Waals surface area contributed by atoms with Crippen LogP contribution in [0.5, 0.6) is 5.75 Å². The van der Waals surface area contributed by atoms with Gasteiger partial charge >= 0.3 is 0 Å². The standard InChI is InChI=1S/C16H19BrN2O/c1-10-4-6-14(11(2)19-10)16(18)9-12-8-13(20-3)5-7-15(12)17/h4-8,16H,9,18H2,1-3H3. The summed E-state index contributed by atoms with van der Waals surface area (Å²) in [6.45, 7) is 3.99. The van der Waals surface area contributed by atoms with Gasteiger partial charge in [0.1, 0.15) is 5.75 Å². The zero-order valence-corrected chi connectivity index (χ0v) is 13.6. The van der Waals surface area contributed by atoms with E-state index in [-0.39, 0.29) is 6.04 Å². The van der Waals surface area contributed by atoms with Crippen molar-refractivity contribution in [1.29, 1.82) is 0 Å². The lowest BCUT2D eigenvalue weighted by atomic mass is 9.98. The molecule has 2 aromatic rings. The number of ether oxygens (including phenoxy) is 1. The molecule has 0 aliphatic heterocycles. The molecule has 4 heteroatoms. The van der Waals surface area contributed by atoms with Crippen LogP contribution in [-0.4, -0.2) is 12.1 Å². The predicted octanol–water partition coefficient (Wildman–Crippen LogP) is 3.71. The molecule has 20 heavy (non-hydrogen) atoms. The lowest BCUT2D eigenvalue weighted by Gasteiger charge is -2.16. The zero-order chi connectivity index (χ0) is 14.7. The Bertz CT molecular complexity index is 613. The molecule has 1 atom stereocenters. The Morgan fingerprint density at radius 1 is 1.25 bits per heavy atom. The summed E-state index contributed by atoms with van der Waals surface area (Å²) < 4.78 is 6.31. The van der Waals surface area contributed by atoms with E-state index in [1.165, 1.54) is 0 Å². The molecule has 0 radical (unpaired) electrons. The van der Waals surface area contributed by atoms with Crippen molar-refractivity contribution in [3.05, 3.63) is 57.3 Å². The molecule has 2 rings (SSSR count). The van der Waals surface area contributed by atoms with Crippen molar-refractivity contribution in [2.45, 2.75) is 26.3 Å². The van der Waals surface area contributed by atoms with E-state index in [9.17, 15) is 0 Å². The highest BCUT2D eigenvalue weighted by Crippen LogP contribution is 2.27. The van der Waals surface area contributed by atoms with E-state index >= 15 is 0 Å². The number of pyridine rings is 1. The monoisotopic (exact) mass is 334 g/mol. The summed E-state index contributed by atoms with van der Waals surface area (Å²) in [5, 5.41) is 0. The summed E-state index contributed by atoms with van der Waals surface area (Å²) in [6, 6.07) is 9.92. The number of nitrogens with zero attached hydrogens (tertiary/aromatic N) is 1. The van der Waals surface area contributed by atoms with Crippen LogP contribution in [0.15, 0.2) is 34.8 Å². The van der Waals surface area contributed by atoms with Crippen molar-refractivity contribution < 1.29 is 4.74 Å². The van der Waals surface area contributed by atoms with Crippen LogP contribution < -0.4 is 10.5 Å². The normalized spacial score (nSPS) is 12.2. The molecule has 0 aliphatic rings. The molecule has 0 amide bonds. The zero-order valence-electron chi connectivity index (χ0n) is 12.0. The van der Waals surface area contributed by atoms with Gasteiger partial charge in [0.25, 0.3) is 0 Å². The van der Waals surface area contributed by atoms with Crippen LogP contribution in [-0.2, 0) is 6.42 Å². The fraction of sp³-hybridized carbons (Fsp3) is 0.312. The van der Waals surface area contributed by atoms with Crippen molar-refractivity contribution in [1.82, 2.24) is 4.98 Å². The molecule has 106 valence electrons. The van der Waals surface area contributed by atoms with E-state index in [0.717, 1.165) is 39.2 Å². The number of benzene rings is 1. The average molecular weight is 335 g/mol. The van der Waals surface area contributed by atoms with Gasteiger partial charge < -0.3 is 10.5 Å². The number of rotatable bonds is 4. The first-order chi connectivity index (χ1) is 9.51. The topological polar surface area (TPSA) is 48.1 Å². The Kier molecular flexibility index (Phi) is 4.78. The Labute approximate surface area is 128 Å². The second-order valence-corrected chi connectivity index (χ2v) is 5.75. The summed E-state index contributed by atoms with van der Waals surface area (Å²) in [7, 11) is 1.67. The number of aryl methyl sites for hydroxylation is 2. The van der Waals surface area contributed by atoms with Crippen molar-refractivity contribution in [3.8, 4) is 5.75 Å². The fourth-order valence-electron chi connectivity index (χ4n) is 2.27. The van der Waals surface area contributed by atoms with E-state index in [1.54, 1.807) is 7.11 Å². The SMILES string of the molecule is COc1ccc(Br)c(CC(N)c2ccc(C)nc2C)c1. The molecule has 0 saturated heterocycles. The van der Waals surface area contributed by atoms with Gasteiger partial charge in [-0.3, -0.25) is 4.98 Å². The average Bonchev–Trinajstić information content (AvgIpc) is 2.41. The first-order valence-corrected chi connectivity index (χ1v) is 7.32. The molecular formula is C16H19BrN2O. The van der Waals surface area contributed by atoms with Crippen molar-refractivity contribution in [3.63, 3.8) is 0 Å². The maximum atomic E-state index is 6.34. The maximum Gasteiger partial charge on any atom is 0.119 e. The van der Waals surface area contributed by atoms with Crippen molar-refractivity contribution in [2.24, 2.45) is 5.73 Å². The van der Waals surface area contributed by atoms with E-state index in [0.29, 0.717) is 0 Å². The Hall–Kier alpha value is -1.39. The Morgan fingerprint density at radius 3 is 2.65 bits per heavy atom. The molecule has 0 aliphatic carbocycles. The molecular weight excluding hydrogens is 316 g/mol. The van der Waals surface area contributed by atoms with Gasteiger partial charge in [0.15, 0.2) is 0 Å². The molecule has 1 unspecified atom stereocenters. The van der Waals surface area contributed by atoms with E-state index in [2.05, 4.69) is 27.0 Å². The predicted molar refractivity (Wildman–Crippen MR) is 85.0 cm³/mol. The summed E-state index contributed by atoms with van der Waals surface area (Å²) in [5.41, 5.74) is 10.6. The van der Waals surface area contributed by atoms with Gasteiger partial charge in [-0.25, -0.2) is 0 Å². The van der Waals surface area contributed by atoms with Gasteiger partial charge in [-0.1, -0.05) is 22.0 Å². The minimum Gasteiger partial charge on any atom is -0.497 e. The van der Waals surface area contributed by atoms with Gasteiger partial charge in [-0.15, -0.1) is 0 Å². The van der Waals surface area contributed by atoms with E-state index < -0.39 is 0 Å². The van der Waals surface area contributed by atoms with Crippen LogP contribution in [0.25, 0.3) is 0 Å². The lowest BCUT2D eigenvalue weighted by Crippen LogP contribution is -2.16. The van der Waals surface area contributed by atoms with E-state index in [1.807, 2.05) is 38.1 Å². The first kappa shape index (κ1) is 15.0. The molecule has 0 spiro atoms. The van der Waals surface area contributed by atoms with Crippen LogP contribution in [0.2, 0.25) is 0 Å². The molecule has 3 nitrogen and oxygen atoms in total. The minimum atomic E-state index is -0.0773. The van der Waals surface area contributed by atoms with Gasteiger partial charge in [0.05, 0.1) is 7.11 Å². The highest BCUT2D eigenvalue weighted by Gasteiger charge is 2.13. The lowest BCUT2D eigenvalue weighted by molar-refractivity contribution is 0.414.